The molecule has 0 spiro atoms. The van der Waals surface area contributed by atoms with Crippen molar-refractivity contribution in [3.05, 3.63) is 34.4 Å². The summed E-state index contributed by atoms with van der Waals surface area (Å²) in [7, 11) is 0. The third-order valence-electron chi connectivity index (χ3n) is 4.77. The van der Waals surface area contributed by atoms with Crippen LogP contribution in [0.25, 0.3) is 39.1 Å². The van der Waals surface area contributed by atoms with E-state index >= 15 is 0 Å². The molecule has 4 rings (SSSR count). The first-order valence-corrected chi connectivity index (χ1v) is 8.07. The summed E-state index contributed by atoms with van der Waals surface area (Å²) in [6.45, 7) is 4.70. The Bertz CT molecular complexity index is 1200. The number of aromatic nitrogens is 4. The van der Waals surface area contributed by atoms with E-state index in [-0.39, 0.29) is 23.3 Å². The minimum Gasteiger partial charge on any atom is -0.394 e. The summed E-state index contributed by atoms with van der Waals surface area (Å²) in [5, 5.41) is 35.5. The molecule has 0 bridgehead atoms. The predicted octanol–water partition coefficient (Wildman–Crippen LogP) is 0.547. The van der Waals surface area contributed by atoms with Crippen molar-refractivity contribution in [3.8, 4) is 0 Å². The normalized spacial score (nSPS) is 28.4. The van der Waals surface area contributed by atoms with Gasteiger partial charge in [0.05, 0.1) is 12.0 Å². The molecule has 1 fully saturated rings. The maximum atomic E-state index is 10.8. The van der Waals surface area contributed by atoms with Crippen LogP contribution in [0, 0.1) is 0 Å². The molecule has 3 aromatic heterocycles. The minimum atomic E-state index is -1.76. The van der Waals surface area contributed by atoms with Crippen molar-refractivity contribution >= 4 is 34.3 Å². The second-order valence-corrected chi connectivity index (χ2v) is 6.57. The zero-order valence-corrected chi connectivity index (χ0v) is 14.2. The van der Waals surface area contributed by atoms with E-state index in [0.29, 0.717) is 16.1 Å². The smallest absolute Gasteiger partial charge is 0.167 e. The molecule has 4 atom stereocenters. The predicted molar refractivity (Wildman–Crippen MR) is 95.4 cm³/mol. The van der Waals surface area contributed by atoms with Crippen LogP contribution in [0.4, 0.5) is 5.69 Å². The van der Waals surface area contributed by atoms with Gasteiger partial charge in [0.15, 0.2) is 6.23 Å². The minimum absolute atomic E-state index is 0.224. The Morgan fingerprint density at radius 3 is 3.04 bits per heavy atom. The fourth-order valence-electron chi connectivity index (χ4n) is 3.46. The highest BCUT2D eigenvalue weighted by Crippen LogP contribution is 2.41. The van der Waals surface area contributed by atoms with E-state index in [1.165, 1.54) is 23.8 Å². The third-order valence-corrected chi connectivity index (χ3v) is 4.77. The van der Waals surface area contributed by atoms with Gasteiger partial charge in [-0.1, -0.05) is 11.7 Å². The fourth-order valence-corrected chi connectivity index (χ4v) is 3.46. The van der Waals surface area contributed by atoms with E-state index in [2.05, 4.69) is 31.6 Å². The van der Waals surface area contributed by atoms with Crippen LogP contribution in [0.3, 0.4) is 0 Å². The number of aliphatic hydroxyl groups excluding tert-OH is 2. The molecule has 4 heterocycles. The molecular weight excluding hydrogens is 354 g/mol. The second kappa shape index (κ2) is 6.05. The van der Waals surface area contributed by atoms with Crippen LogP contribution >= 0.6 is 0 Å². The number of azide groups is 1. The van der Waals surface area contributed by atoms with Gasteiger partial charge in [-0.05, 0) is 18.5 Å². The third kappa shape index (κ3) is 2.49. The van der Waals surface area contributed by atoms with Crippen LogP contribution in [0.15, 0.2) is 23.7 Å². The summed E-state index contributed by atoms with van der Waals surface area (Å²) in [5.74, 6) is 0. The zero-order chi connectivity index (χ0) is 20.2. The van der Waals surface area contributed by atoms with E-state index in [9.17, 15) is 15.3 Å². The van der Waals surface area contributed by atoms with Gasteiger partial charge in [-0.3, -0.25) is 0 Å². The number of nitrogens with one attached hydrogen (secondary N) is 1. The molecular formula is C16H17N7O4. The van der Waals surface area contributed by atoms with Gasteiger partial charge in [-0.25, -0.2) is 9.97 Å². The van der Waals surface area contributed by atoms with Gasteiger partial charge < -0.3 is 29.6 Å². The van der Waals surface area contributed by atoms with E-state index < -0.39 is 30.6 Å². The number of ether oxygens (including phenoxy) is 1. The Kier molecular flexibility index (Phi) is 3.64. The number of aromatic amines is 1. The number of H-pyrrole nitrogens is 1. The molecule has 11 nitrogen and oxygen atoms in total. The summed E-state index contributed by atoms with van der Waals surface area (Å²) < 4.78 is 15.0. The molecule has 3 aromatic rings. The highest BCUT2D eigenvalue weighted by molar-refractivity contribution is 6.08. The topological polar surface area (TPSA) is 165 Å². The van der Waals surface area contributed by atoms with Crippen LogP contribution in [-0.2, 0) is 4.74 Å². The Balaban J connectivity index is 2.10. The summed E-state index contributed by atoms with van der Waals surface area (Å²) in [6, 6.07) is 1.52. The van der Waals surface area contributed by atoms with Crippen LogP contribution in [0.2, 0.25) is 0 Å². The molecule has 1 saturated heterocycles. The number of nitrogens with zero attached hydrogens (tertiary/aromatic N) is 6. The van der Waals surface area contributed by atoms with E-state index in [4.69, 9.17) is 11.6 Å². The second-order valence-electron chi connectivity index (χ2n) is 6.57. The van der Waals surface area contributed by atoms with Gasteiger partial charge in [0, 0.05) is 27.5 Å². The van der Waals surface area contributed by atoms with E-state index in [1.807, 2.05) is 0 Å². The summed E-state index contributed by atoms with van der Waals surface area (Å²) in [4.78, 5) is 14.0. The van der Waals surface area contributed by atoms with Gasteiger partial charge in [0.1, 0.15) is 36.8 Å². The highest BCUT2D eigenvalue weighted by atomic mass is 16.6. The van der Waals surface area contributed by atoms with Gasteiger partial charge in [-0.2, -0.15) is 0 Å². The van der Waals surface area contributed by atoms with Crippen molar-refractivity contribution in [2.45, 2.75) is 31.0 Å². The zero-order valence-electron chi connectivity index (χ0n) is 15.2. The average Bonchev–Trinajstić information content (AvgIpc) is 3.05. The lowest BCUT2D eigenvalue weighted by Gasteiger charge is -2.27. The molecule has 0 saturated carbocycles. The largest absolute Gasteiger partial charge is 0.394 e. The van der Waals surface area contributed by atoms with Gasteiger partial charge in [-0.15, -0.1) is 0 Å². The van der Waals surface area contributed by atoms with Gasteiger partial charge in [0.25, 0.3) is 0 Å². The number of hydrogen-bond donors (Lipinski definition) is 4. The number of rotatable bonds is 3. The standard InChI is InChI=1S/C16H17N7O4/c1-7-3-9(21-22-17)8-4-23(14-11(8)13(20-7)18-6-19-14)15-16(2,26)12(25)10(5-24)27-15/h3-4,6,10,12,15,24-26H,1,5H2,2H3,(H,18,19,20)/t10-,12-,15-,16-/m1/s1/i6T. The molecule has 11 heteroatoms. The highest BCUT2D eigenvalue weighted by Gasteiger charge is 2.53. The molecule has 0 aliphatic carbocycles. The Morgan fingerprint density at radius 2 is 2.37 bits per heavy atom. The molecule has 1 aliphatic rings. The lowest BCUT2D eigenvalue weighted by atomic mass is 9.96. The van der Waals surface area contributed by atoms with Crippen molar-refractivity contribution in [3.63, 3.8) is 0 Å². The van der Waals surface area contributed by atoms with Crippen LogP contribution in [0.1, 0.15) is 14.5 Å². The number of aliphatic hydroxyl groups is 3. The molecule has 4 N–H and O–H groups in total. The molecule has 1 aliphatic heterocycles. The van der Waals surface area contributed by atoms with Crippen molar-refractivity contribution in [2.75, 3.05) is 6.61 Å². The average molecular weight is 373 g/mol. The Morgan fingerprint density at radius 1 is 1.59 bits per heavy atom. The Labute approximate surface area is 153 Å². The molecule has 0 amide bonds. The van der Waals surface area contributed by atoms with Crippen LogP contribution in [-0.4, -0.2) is 59.3 Å². The quantitative estimate of drug-likeness (QED) is 0.297. The van der Waals surface area contributed by atoms with Crippen molar-refractivity contribution in [1.82, 2.24) is 19.5 Å². The number of hydrogen-bond acceptors (Lipinski definition) is 7. The van der Waals surface area contributed by atoms with Crippen molar-refractivity contribution in [1.29, 1.82) is 0 Å². The Hall–Kier alpha value is -2.95. The molecule has 140 valence electrons. The SMILES string of the molecule is [3H]c1nc2[nH]c(=C)cc(N=[N+]=[N-])c3cn([C@@H]4O[C@H](CO)[C@@H](O)[C@@]4(C)O)c(n1)c23. The summed E-state index contributed by atoms with van der Waals surface area (Å²) in [5.41, 5.74) is 7.91. The lowest BCUT2D eigenvalue weighted by Crippen LogP contribution is -2.44. The first kappa shape index (κ1) is 16.2. The lowest BCUT2D eigenvalue weighted by molar-refractivity contribution is -0.0947. The monoisotopic (exact) mass is 373 g/mol. The molecule has 0 aromatic carbocycles. The van der Waals surface area contributed by atoms with Crippen LogP contribution < -0.4 is 5.35 Å². The molecule has 27 heavy (non-hydrogen) atoms. The maximum absolute atomic E-state index is 10.8. The first-order valence-electron chi connectivity index (χ1n) is 8.57. The van der Waals surface area contributed by atoms with Crippen molar-refractivity contribution < 1.29 is 21.4 Å². The molecule has 0 radical (unpaired) electrons. The maximum Gasteiger partial charge on any atom is 0.167 e. The fraction of sp³-hybridized carbons (Fsp3) is 0.375. The van der Waals surface area contributed by atoms with Crippen LogP contribution in [0.5, 0.6) is 0 Å². The summed E-state index contributed by atoms with van der Waals surface area (Å²) >= 11 is 0. The first-order chi connectivity index (χ1) is 13.3. The van der Waals surface area contributed by atoms with Gasteiger partial charge in [0.2, 0.25) is 0 Å². The van der Waals surface area contributed by atoms with Gasteiger partial charge >= 0.3 is 0 Å². The van der Waals surface area contributed by atoms with Crippen molar-refractivity contribution in [2.24, 2.45) is 5.11 Å². The van der Waals surface area contributed by atoms with E-state index in [0.717, 1.165) is 0 Å². The molecule has 0 unspecified atom stereocenters. The van der Waals surface area contributed by atoms with E-state index in [1.54, 1.807) is 0 Å². The summed E-state index contributed by atoms with van der Waals surface area (Å²) in [6.07, 6.45) is -2.23.